The molecule has 126 valence electrons. The van der Waals surface area contributed by atoms with Crippen molar-refractivity contribution in [1.82, 2.24) is 5.43 Å². The molecule has 0 radical (unpaired) electrons. The second-order valence-electron chi connectivity index (χ2n) is 4.90. The lowest BCUT2D eigenvalue weighted by molar-refractivity contribution is 0.0955. The van der Waals surface area contributed by atoms with Crippen LogP contribution in [0.15, 0.2) is 47.6 Å². The first-order valence-electron chi connectivity index (χ1n) is 7.72. The van der Waals surface area contributed by atoms with Crippen molar-refractivity contribution in [3.63, 3.8) is 0 Å². The Hall–Kier alpha value is -3.02. The predicted octanol–water partition coefficient (Wildman–Crippen LogP) is 2.83. The van der Waals surface area contributed by atoms with Crippen molar-refractivity contribution in [3.05, 3.63) is 53.6 Å². The number of nitrogens with two attached hydrogens (primary N) is 1. The zero-order valence-electron chi connectivity index (χ0n) is 13.8. The molecule has 0 bridgehead atoms. The van der Waals surface area contributed by atoms with Crippen molar-refractivity contribution in [1.29, 1.82) is 0 Å². The fourth-order valence-corrected chi connectivity index (χ4v) is 2.06. The molecule has 2 aromatic carbocycles. The summed E-state index contributed by atoms with van der Waals surface area (Å²) in [5.74, 6) is 1.00. The van der Waals surface area contributed by atoms with Crippen LogP contribution >= 0.6 is 0 Å². The van der Waals surface area contributed by atoms with Crippen LogP contribution in [0.25, 0.3) is 0 Å². The number of nitrogens with zero attached hydrogens (tertiary/aromatic N) is 1. The fourth-order valence-electron chi connectivity index (χ4n) is 2.06. The summed E-state index contributed by atoms with van der Waals surface area (Å²) < 4.78 is 11.1. The Balaban J connectivity index is 2.05. The number of nitrogens with one attached hydrogen (secondary N) is 1. The van der Waals surface area contributed by atoms with Crippen LogP contribution in [0.2, 0.25) is 0 Å². The topological polar surface area (TPSA) is 85.9 Å². The number of amides is 1. The van der Waals surface area contributed by atoms with E-state index in [1.165, 1.54) is 0 Å². The van der Waals surface area contributed by atoms with E-state index in [1.54, 1.807) is 30.5 Å². The maximum absolute atomic E-state index is 12.0. The number of hydrogen-bond donors (Lipinski definition) is 2. The van der Waals surface area contributed by atoms with Gasteiger partial charge in [-0.3, -0.25) is 4.79 Å². The van der Waals surface area contributed by atoms with E-state index >= 15 is 0 Å². The summed E-state index contributed by atoms with van der Waals surface area (Å²) in [4.78, 5) is 12.0. The number of carbonyl (C=O) groups is 1. The van der Waals surface area contributed by atoms with Crippen molar-refractivity contribution in [3.8, 4) is 11.5 Å². The molecule has 0 unspecified atom stereocenters. The zero-order chi connectivity index (χ0) is 17.4. The largest absolute Gasteiger partial charge is 0.490 e. The molecule has 3 N–H and O–H groups in total. The summed E-state index contributed by atoms with van der Waals surface area (Å²) in [6, 6.07) is 12.2. The molecule has 1 amide bonds. The third-order valence-corrected chi connectivity index (χ3v) is 3.10. The second kappa shape index (κ2) is 8.57. The van der Waals surface area contributed by atoms with E-state index in [0.717, 1.165) is 5.56 Å². The standard InChI is InChI=1S/C18H21N3O3/c1-3-23-16-9-8-13(10-17(16)24-4-2)12-20-21-18(22)14-6-5-7-15(19)11-14/h5-12H,3-4,19H2,1-2H3,(H,21,22)/b20-12-. The number of hydrogen-bond acceptors (Lipinski definition) is 5. The summed E-state index contributed by atoms with van der Waals surface area (Å²) in [5, 5.41) is 3.96. The zero-order valence-corrected chi connectivity index (χ0v) is 13.8. The van der Waals surface area contributed by atoms with Crippen molar-refractivity contribution in [2.45, 2.75) is 13.8 Å². The van der Waals surface area contributed by atoms with Gasteiger partial charge in [0.2, 0.25) is 0 Å². The summed E-state index contributed by atoms with van der Waals surface area (Å²) in [7, 11) is 0. The highest BCUT2D eigenvalue weighted by atomic mass is 16.5. The van der Waals surface area contributed by atoms with Gasteiger partial charge >= 0.3 is 0 Å². The number of hydrazone groups is 1. The van der Waals surface area contributed by atoms with Gasteiger partial charge in [0.25, 0.3) is 5.91 Å². The summed E-state index contributed by atoms with van der Waals surface area (Å²) in [6.45, 7) is 4.91. The average Bonchev–Trinajstić information content (AvgIpc) is 2.57. The Morgan fingerprint density at radius 2 is 1.88 bits per heavy atom. The molecule has 0 fully saturated rings. The molecule has 0 aromatic heterocycles. The molecule has 6 heteroatoms. The minimum absolute atomic E-state index is 0.325. The van der Waals surface area contributed by atoms with Crippen LogP contribution in [0, 0.1) is 0 Å². The Morgan fingerprint density at radius 3 is 2.58 bits per heavy atom. The van der Waals surface area contributed by atoms with Crippen LogP contribution in [0.1, 0.15) is 29.8 Å². The SMILES string of the molecule is CCOc1ccc(/C=N\NC(=O)c2cccc(N)c2)cc1OCC. The van der Waals surface area contributed by atoms with Gasteiger partial charge < -0.3 is 15.2 Å². The fraction of sp³-hybridized carbons (Fsp3) is 0.222. The van der Waals surface area contributed by atoms with E-state index in [0.29, 0.717) is 36.0 Å². The minimum Gasteiger partial charge on any atom is -0.490 e. The summed E-state index contributed by atoms with van der Waals surface area (Å²) >= 11 is 0. The molecule has 2 rings (SSSR count). The van der Waals surface area contributed by atoms with E-state index in [2.05, 4.69) is 10.5 Å². The highest BCUT2D eigenvalue weighted by molar-refractivity contribution is 5.95. The highest BCUT2D eigenvalue weighted by Gasteiger charge is 2.06. The molecule has 2 aromatic rings. The number of rotatable bonds is 7. The van der Waals surface area contributed by atoms with Gasteiger partial charge in [-0.25, -0.2) is 5.43 Å². The summed E-state index contributed by atoms with van der Waals surface area (Å²) in [6.07, 6.45) is 1.54. The average molecular weight is 327 g/mol. The smallest absolute Gasteiger partial charge is 0.271 e. The van der Waals surface area contributed by atoms with Gasteiger partial charge in [-0.05, 0) is 55.8 Å². The molecule has 0 atom stereocenters. The minimum atomic E-state index is -0.325. The van der Waals surface area contributed by atoms with Crippen LogP contribution in [-0.4, -0.2) is 25.3 Å². The first-order chi connectivity index (χ1) is 11.6. The predicted molar refractivity (Wildman–Crippen MR) is 94.7 cm³/mol. The van der Waals surface area contributed by atoms with Crippen LogP contribution in [0.4, 0.5) is 5.69 Å². The number of anilines is 1. The monoisotopic (exact) mass is 327 g/mol. The molecule has 0 aliphatic heterocycles. The van der Waals surface area contributed by atoms with Gasteiger partial charge in [0.15, 0.2) is 11.5 Å². The van der Waals surface area contributed by atoms with Gasteiger partial charge in [-0.1, -0.05) is 6.07 Å². The molecular weight excluding hydrogens is 306 g/mol. The van der Waals surface area contributed by atoms with Gasteiger partial charge in [0.1, 0.15) is 0 Å². The van der Waals surface area contributed by atoms with Crippen LogP contribution in [0.3, 0.4) is 0 Å². The normalized spacial score (nSPS) is 10.6. The first-order valence-corrected chi connectivity index (χ1v) is 7.72. The van der Waals surface area contributed by atoms with Gasteiger partial charge in [0, 0.05) is 11.3 Å². The van der Waals surface area contributed by atoms with Crippen molar-refractivity contribution in [2.75, 3.05) is 18.9 Å². The van der Waals surface area contributed by atoms with E-state index < -0.39 is 0 Å². The Labute approximate surface area is 141 Å². The third-order valence-electron chi connectivity index (χ3n) is 3.10. The molecule has 0 aliphatic carbocycles. The molecule has 0 saturated heterocycles. The number of benzene rings is 2. The quantitative estimate of drug-likeness (QED) is 0.465. The number of ether oxygens (including phenoxy) is 2. The molecular formula is C18H21N3O3. The summed E-state index contributed by atoms with van der Waals surface area (Å²) in [5.41, 5.74) is 9.89. The lowest BCUT2D eigenvalue weighted by Gasteiger charge is -2.11. The maximum atomic E-state index is 12.0. The van der Waals surface area contributed by atoms with E-state index in [9.17, 15) is 4.79 Å². The molecule has 0 heterocycles. The Kier molecular flexibility index (Phi) is 6.19. The van der Waals surface area contributed by atoms with Crippen molar-refractivity contribution in [2.24, 2.45) is 5.10 Å². The van der Waals surface area contributed by atoms with Crippen molar-refractivity contribution >= 4 is 17.8 Å². The van der Waals surface area contributed by atoms with E-state index in [4.69, 9.17) is 15.2 Å². The van der Waals surface area contributed by atoms with Gasteiger partial charge in [-0.15, -0.1) is 0 Å². The maximum Gasteiger partial charge on any atom is 0.271 e. The number of carbonyl (C=O) groups excluding carboxylic acids is 1. The second-order valence-corrected chi connectivity index (χ2v) is 4.90. The van der Waals surface area contributed by atoms with Crippen LogP contribution in [-0.2, 0) is 0 Å². The third kappa shape index (κ3) is 4.74. The molecule has 6 nitrogen and oxygen atoms in total. The molecule has 0 aliphatic rings. The van der Waals surface area contributed by atoms with Gasteiger partial charge in [-0.2, -0.15) is 5.10 Å². The van der Waals surface area contributed by atoms with E-state index in [1.807, 2.05) is 32.0 Å². The van der Waals surface area contributed by atoms with Gasteiger partial charge in [0.05, 0.1) is 19.4 Å². The molecule has 24 heavy (non-hydrogen) atoms. The highest BCUT2D eigenvalue weighted by Crippen LogP contribution is 2.27. The van der Waals surface area contributed by atoms with Crippen LogP contribution < -0.4 is 20.6 Å². The molecule has 0 saturated carbocycles. The first kappa shape index (κ1) is 17.3. The number of nitrogen functional groups attached to an aromatic ring is 1. The molecule has 0 spiro atoms. The van der Waals surface area contributed by atoms with Crippen LogP contribution in [0.5, 0.6) is 11.5 Å². The lowest BCUT2D eigenvalue weighted by atomic mass is 10.2. The van der Waals surface area contributed by atoms with Crippen molar-refractivity contribution < 1.29 is 14.3 Å². The Bertz CT molecular complexity index is 729. The van der Waals surface area contributed by atoms with E-state index in [-0.39, 0.29) is 5.91 Å². The lowest BCUT2D eigenvalue weighted by Crippen LogP contribution is -2.17. The Morgan fingerprint density at radius 1 is 1.12 bits per heavy atom.